The van der Waals surface area contributed by atoms with Gasteiger partial charge in [0.25, 0.3) is 0 Å². The van der Waals surface area contributed by atoms with Crippen molar-refractivity contribution in [1.82, 2.24) is 35.4 Å². The summed E-state index contributed by atoms with van der Waals surface area (Å²) >= 11 is 0. The van der Waals surface area contributed by atoms with Gasteiger partial charge in [-0.2, -0.15) is 4.80 Å². The number of rotatable bonds is 12. The van der Waals surface area contributed by atoms with Crippen molar-refractivity contribution < 1.29 is 19.1 Å². The quantitative estimate of drug-likeness (QED) is 0.265. The fraction of sp³-hybridized carbons (Fsp3) is 0.375. The Morgan fingerprint density at radius 2 is 1.74 bits per heavy atom. The standard InChI is InChI=1S/C32H37N7O4/c1-42-27-17-16-23(21-28(27)43-2)18-20-38(29(40)22-39-36-31(35-37-39)24-11-5-3-6-12-24)30(26-15-9-10-19-33-26)32(41)34-25-13-7-4-8-14-25/h3,5-6,9-12,15-17,19,21,25,30H,4,7-8,13-14,18,20,22H2,1-2H3,(H,34,41). The molecule has 224 valence electrons. The average molecular weight is 584 g/mol. The van der Waals surface area contributed by atoms with Gasteiger partial charge in [0.2, 0.25) is 17.6 Å². The summed E-state index contributed by atoms with van der Waals surface area (Å²) in [6.07, 6.45) is 7.26. The largest absolute Gasteiger partial charge is 0.493 e. The van der Waals surface area contributed by atoms with E-state index >= 15 is 0 Å². The number of amides is 2. The van der Waals surface area contributed by atoms with Crippen molar-refractivity contribution in [2.45, 2.75) is 57.2 Å². The molecule has 1 atom stereocenters. The number of benzene rings is 2. The molecule has 5 rings (SSSR count). The summed E-state index contributed by atoms with van der Waals surface area (Å²) in [6, 6.07) is 19.6. The van der Waals surface area contributed by atoms with Crippen molar-refractivity contribution >= 4 is 11.8 Å². The Bertz CT molecular complexity index is 1490. The van der Waals surface area contributed by atoms with Gasteiger partial charge in [-0.25, -0.2) is 0 Å². The Hall–Kier alpha value is -4.80. The van der Waals surface area contributed by atoms with E-state index in [0.717, 1.165) is 36.8 Å². The van der Waals surface area contributed by atoms with Crippen LogP contribution in [0, 0.1) is 0 Å². The first-order valence-corrected chi connectivity index (χ1v) is 14.6. The zero-order valence-corrected chi connectivity index (χ0v) is 24.6. The third kappa shape index (κ3) is 7.54. The van der Waals surface area contributed by atoms with Crippen LogP contribution in [0.1, 0.15) is 49.4 Å². The van der Waals surface area contributed by atoms with Gasteiger partial charge in [-0.3, -0.25) is 14.6 Å². The highest BCUT2D eigenvalue weighted by atomic mass is 16.5. The number of methoxy groups -OCH3 is 2. The topological polar surface area (TPSA) is 124 Å². The van der Waals surface area contributed by atoms with Gasteiger partial charge < -0.3 is 19.7 Å². The molecule has 2 amide bonds. The number of ether oxygens (including phenoxy) is 2. The highest BCUT2D eigenvalue weighted by molar-refractivity contribution is 5.88. The van der Waals surface area contributed by atoms with Gasteiger partial charge in [0.15, 0.2) is 17.5 Å². The number of nitrogens with zero attached hydrogens (tertiary/aromatic N) is 6. The van der Waals surface area contributed by atoms with Gasteiger partial charge >= 0.3 is 0 Å². The van der Waals surface area contributed by atoms with Crippen molar-refractivity contribution in [3.63, 3.8) is 0 Å². The van der Waals surface area contributed by atoms with E-state index in [4.69, 9.17) is 9.47 Å². The van der Waals surface area contributed by atoms with Crippen LogP contribution in [0.2, 0.25) is 0 Å². The maximum Gasteiger partial charge on any atom is 0.249 e. The van der Waals surface area contributed by atoms with Crippen LogP contribution in [0.5, 0.6) is 11.5 Å². The monoisotopic (exact) mass is 583 g/mol. The van der Waals surface area contributed by atoms with E-state index in [1.54, 1.807) is 37.4 Å². The first-order chi connectivity index (χ1) is 21.1. The molecular formula is C32H37N7O4. The lowest BCUT2D eigenvalue weighted by atomic mass is 9.95. The third-order valence-electron chi connectivity index (χ3n) is 7.65. The Labute approximate surface area is 251 Å². The van der Waals surface area contributed by atoms with E-state index in [1.807, 2.05) is 54.6 Å². The molecule has 1 aliphatic rings. The predicted molar refractivity (Wildman–Crippen MR) is 160 cm³/mol. The first-order valence-electron chi connectivity index (χ1n) is 14.6. The van der Waals surface area contributed by atoms with Crippen LogP contribution in [0.25, 0.3) is 11.4 Å². The maximum absolute atomic E-state index is 14.1. The van der Waals surface area contributed by atoms with Crippen LogP contribution < -0.4 is 14.8 Å². The van der Waals surface area contributed by atoms with Crippen molar-refractivity contribution in [2.75, 3.05) is 20.8 Å². The predicted octanol–water partition coefficient (Wildman–Crippen LogP) is 4.01. The van der Waals surface area contributed by atoms with Crippen molar-refractivity contribution in [3.05, 3.63) is 84.2 Å². The van der Waals surface area contributed by atoms with Crippen LogP contribution in [-0.4, -0.2) is 68.7 Å². The molecule has 1 fully saturated rings. The number of hydrogen-bond donors (Lipinski definition) is 1. The van der Waals surface area contributed by atoms with Crippen molar-refractivity contribution in [3.8, 4) is 22.9 Å². The van der Waals surface area contributed by atoms with Gasteiger partial charge in [-0.05, 0) is 54.3 Å². The van der Waals surface area contributed by atoms with Gasteiger partial charge in [-0.1, -0.05) is 61.7 Å². The van der Waals surface area contributed by atoms with E-state index < -0.39 is 6.04 Å². The van der Waals surface area contributed by atoms with Crippen molar-refractivity contribution in [1.29, 1.82) is 0 Å². The van der Waals surface area contributed by atoms with Gasteiger partial charge in [0.05, 0.1) is 19.9 Å². The Morgan fingerprint density at radius 3 is 2.47 bits per heavy atom. The molecule has 1 aliphatic carbocycles. The number of pyridine rings is 1. The molecule has 11 heteroatoms. The summed E-state index contributed by atoms with van der Waals surface area (Å²) in [4.78, 5) is 35.4. The minimum atomic E-state index is -0.937. The molecule has 43 heavy (non-hydrogen) atoms. The summed E-state index contributed by atoms with van der Waals surface area (Å²) in [5.41, 5.74) is 2.21. The molecule has 1 saturated carbocycles. The van der Waals surface area contributed by atoms with Gasteiger partial charge in [-0.15, -0.1) is 10.2 Å². The number of aromatic nitrogens is 5. The average Bonchev–Trinajstić information content (AvgIpc) is 3.52. The Kier molecular flexibility index (Phi) is 9.94. The molecule has 0 bridgehead atoms. The fourth-order valence-electron chi connectivity index (χ4n) is 5.41. The molecule has 1 N–H and O–H groups in total. The zero-order valence-electron chi connectivity index (χ0n) is 24.6. The zero-order chi connectivity index (χ0) is 30.0. The van der Waals surface area contributed by atoms with Crippen LogP contribution in [-0.2, 0) is 22.6 Å². The Balaban J connectivity index is 1.44. The van der Waals surface area contributed by atoms with Crippen LogP contribution >= 0.6 is 0 Å². The molecule has 1 unspecified atom stereocenters. The highest BCUT2D eigenvalue weighted by Crippen LogP contribution is 2.29. The second-order valence-electron chi connectivity index (χ2n) is 10.5. The summed E-state index contributed by atoms with van der Waals surface area (Å²) in [5.74, 6) is 1.05. The number of hydrogen-bond acceptors (Lipinski definition) is 8. The molecule has 0 aliphatic heterocycles. The molecule has 2 aromatic heterocycles. The smallest absolute Gasteiger partial charge is 0.249 e. The second kappa shape index (κ2) is 14.4. The van der Waals surface area contributed by atoms with Crippen molar-refractivity contribution in [2.24, 2.45) is 0 Å². The fourth-order valence-corrected chi connectivity index (χ4v) is 5.41. The lowest BCUT2D eigenvalue weighted by molar-refractivity contribution is -0.142. The van der Waals surface area contributed by atoms with E-state index in [9.17, 15) is 9.59 Å². The molecule has 0 radical (unpaired) electrons. The number of nitrogens with one attached hydrogen (secondary N) is 1. The number of carbonyl (C=O) groups excluding carboxylic acids is 2. The number of carbonyl (C=O) groups is 2. The molecule has 11 nitrogen and oxygen atoms in total. The Morgan fingerprint density at radius 1 is 0.977 bits per heavy atom. The van der Waals surface area contributed by atoms with Gasteiger partial charge in [0.1, 0.15) is 6.54 Å². The number of tetrazole rings is 1. The maximum atomic E-state index is 14.1. The molecule has 0 saturated heterocycles. The summed E-state index contributed by atoms with van der Waals surface area (Å²) < 4.78 is 10.9. The lowest BCUT2D eigenvalue weighted by Gasteiger charge is -2.32. The van der Waals surface area contributed by atoms with Crippen LogP contribution in [0.4, 0.5) is 0 Å². The molecule has 0 spiro atoms. The van der Waals surface area contributed by atoms with Gasteiger partial charge in [0, 0.05) is 24.3 Å². The molecular weight excluding hydrogens is 546 g/mol. The summed E-state index contributed by atoms with van der Waals surface area (Å²) in [7, 11) is 3.17. The summed E-state index contributed by atoms with van der Waals surface area (Å²) in [5, 5.41) is 15.9. The van der Waals surface area contributed by atoms with E-state index in [-0.39, 0.29) is 30.9 Å². The molecule has 4 aromatic rings. The lowest BCUT2D eigenvalue weighted by Crippen LogP contribution is -2.48. The second-order valence-corrected chi connectivity index (χ2v) is 10.5. The third-order valence-corrected chi connectivity index (χ3v) is 7.65. The highest BCUT2D eigenvalue weighted by Gasteiger charge is 2.34. The minimum absolute atomic E-state index is 0.0701. The first kappa shape index (κ1) is 29.7. The normalized spacial score (nSPS) is 14.1. The van der Waals surface area contributed by atoms with E-state index in [0.29, 0.717) is 29.4 Å². The minimum Gasteiger partial charge on any atom is -0.493 e. The summed E-state index contributed by atoms with van der Waals surface area (Å²) in [6.45, 7) is 0.0553. The van der Waals surface area contributed by atoms with Crippen LogP contribution in [0.3, 0.4) is 0 Å². The van der Waals surface area contributed by atoms with E-state index in [1.165, 1.54) is 11.2 Å². The van der Waals surface area contributed by atoms with E-state index in [2.05, 4.69) is 25.7 Å². The van der Waals surface area contributed by atoms with Crippen LogP contribution in [0.15, 0.2) is 72.9 Å². The SMILES string of the molecule is COc1ccc(CCN(C(=O)Cn2nnc(-c3ccccc3)n2)C(C(=O)NC2CCCCC2)c2ccccn2)cc1OC. The molecule has 2 heterocycles. The molecule has 2 aromatic carbocycles.